The number of hydrogen-bond acceptors (Lipinski definition) is 5. The van der Waals surface area contributed by atoms with Crippen LogP contribution < -0.4 is 4.74 Å². The van der Waals surface area contributed by atoms with E-state index in [0.717, 1.165) is 37.4 Å². The summed E-state index contributed by atoms with van der Waals surface area (Å²) in [5.74, 6) is 0.874. The first-order valence-electron chi connectivity index (χ1n) is 9.07. The molecule has 0 saturated carbocycles. The van der Waals surface area contributed by atoms with Crippen molar-refractivity contribution >= 4 is 5.91 Å². The van der Waals surface area contributed by atoms with Gasteiger partial charge in [-0.25, -0.2) is 0 Å². The van der Waals surface area contributed by atoms with Crippen molar-refractivity contribution in [2.75, 3.05) is 26.3 Å². The van der Waals surface area contributed by atoms with Gasteiger partial charge in [0.1, 0.15) is 5.75 Å². The van der Waals surface area contributed by atoms with Crippen LogP contribution in [0.5, 0.6) is 5.75 Å². The number of amides is 1. The molecule has 0 spiro atoms. The fourth-order valence-corrected chi connectivity index (χ4v) is 3.90. The number of hydrogen-bond donors (Lipinski definition) is 0. The third-order valence-corrected chi connectivity index (χ3v) is 5.34. The average molecular weight is 353 g/mol. The first-order valence-corrected chi connectivity index (χ1v) is 9.07. The lowest BCUT2D eigenvalue weighted by Gasteiger charge is -2.43. The first kappa shape index (κ1) is 17.0. The normalized spacial score (nSPS) is 24.9. The molecule has 2 saturated heterocycles. The van der Waals surface area contributed by atoms with Crippen molar-refractivity contribution in [3.63, 3.8) is 0 Å². The van der Waals surface area contributed by atoms with Gasteiger partial charge in [-0.05, 0) is 37.1 Å². The molecule has 2 aliphatic heterocycles. The average Bonchev–Trinajstić information content (AvgIpc) is 3.11. The van der Waals surface area contributed by atoms with Gasteiger partial charge in [0, 0.05) is 37.8 Å². The van der Waals surface area contributed by atoms with Crippen LogP contribution >= 0.6 is 0 Å². The zero-order valence-electron chi connectivity index (χ0n) is 14.7. The number of pyridine rings is 2. The Morgan fingerprint density at radius 1 is 1.31 bits per heavy atom. The fourth-order valence-electron chi connectivity index (χ4n) is 3.90. The summed E-state index contributed by atoms with van der Waals surface area (Å²) >= 11 is 0. The van der Waals surface area contributed by atoms with Gasteiger partial charge in [-0.15, -0.1) is 0 Å². The quantitative estimate of drug-likeness (QED) is 0.824. The van der Waals surface area contributed by atoms with Crippen molar-refractivity contribution in [3.05, 3.63) is 54.6 Å². The Bertz CT molecular complexity index is 740. The maximum Gasteiger partial charge on any atom is 0.228 e. The Balaban J connectivity index is 1.44. The van der Waals surface area contributed by atoms with Crippen molar-refractivity contribution in [1.82, 2.24) is 14.9 Å². The van der Waals surface area contributed by atoms with Crippen LogP contribution in [0.25, 0.3) is 0 Å². The van der Waals surface area contributed by atoms with E-state index in [-0.39, 0.29) is 17.4 Å². The minimum Gasteiger partial charge on any atom is -0.491 e. The van der Waals surface area contributed by atoms with E-state index < -0.39 is 0 Å². The maximum absolute atomic E-state index is 12.8. The van der Waals surface area contributed by atoms with Gasteiger partial charge in [0.2, 0.25) is 5.91 Å². The van der Waals surface area contributed by atoms with Crippen molar-refractivity contribution in [2.24, 2.45) is 5.41 Å². The lowest BCUT2D eigenvalue weighted by molar-refractivity contribution is -0.137. The molecule has 0 bridgehead atoms. The van der Waals surface area contributed by atoms with Crippen molar-refractivity contribution < 1.29 is 14.3 Å². The van der Waals surface area contributed by atoms with E-state index in [1.165, 1.54) is 0 Å². The zero-order valence-corrected chi connectivity index (χ0v) is 14.7. The summed E-state index contributed by atoms with van der Waals surface area (Å²) in [6, 6.07) is 9.43. The highest BCUT2D eigenvalue weighted by atomic mass is 16.5. The maximum atomic E-state index is 12.8. The van der Waals surface area contributed by atoms with Gasteiger partial charge < -0.3 is 14.4 Å². The zero-order chi connectivity index (χ0) is 17.8. The van der Waals surface area contributed by atoms with Gasteiger partial charge in [-0.3, -0.25) is 14.8 Å². The molecule has 0 N–H and O–H groups in total. The highest BCUT2D eigenvalue weighted by molar-refractivity contribution is 5.78. The molecule has 6 nitrogen and oxygen atoms in total. The molecule has 2 aromatic rings. The molecule has 6 heteroatoms. The van der Waals surface area contributed by atoms with E-state index >= 15 is 0 Å². The summed E-state index contributed by atoms with van der Waals surface area (Å²) in [7, 11) is 0. The Labute approximate surface area is 153 Å². The van der Waals surface area contributed by atoms with Gasteiger partial charge in [-0.1, -0.05) is 6.07 Å². The predicted molar refractivity (Wildman–Crippen MR) is 95.7 cm³/mol. The summed E-state index contributed by atoms with van der Waals surface area (Å²) in [5.41, 5.74) is 0.663. The van der Waals surface area contributed by atoms with Gasteiger partial charge in [0.05, 0.1) is 30.7 Å². The second-order valence-corrected chi connectivity index (χ2v) is 7.05. The van der Waals surface area contributed by atoms with Crippen LogP contribution in [0.15, 0.2) is 48.9 Å². The number of carbonyl (C=O) groups is 1. The molecule has 0 aliphatic carbocycles. The van der Waals surface area contributed by atoms with Crippen LogP contribution in [0.1, 0.15) is 18.5 Å². The fraction of sp³-hybridized carbons (Fsp3) is 0.450. The Hall–Kier alpha value is -2.47. The minimum atomic E-state index is -0.145. The van der Waals surface area contributed by atoms with Gasteiger partial charge >= 0.3 is 0 Å². The molecule has 136 valence electrons. The van der Waals surface area contributed by atoms with Crippen molar-refractivity contribution in [1.29, 1.82) is 0 Å². The van der Waals surface area contributed by atoms with Crippen LogP contribution in [0.2, 0.25) is 0 Å². The molecular weight excluding hydrogens is 330 g/mol. The number of aromatic nitrogens is 2. The first-order chi connectivity index (χ1) is 12.8. The van der Waals surface area contributed by atoms with E-state index in [1.54, 1.807) is 18.6 Å². The second kappa shape index (κ2) is 7.41. The smallest absolute Gasteiger partial charge is 0.228 e. The molecule has 2 aliphatic rings. The summed E-state index contributed by atoms with van der Waals surface area (Å²) in [4.78, 5) is 23.1. The van der Waals surface area contributed by atoms with Gasteiger partial charge in [0.25, 0.3) is 0 Å². The van der Waals surface area contributed by atoms with Crippen LogP contribution in [0.3, 0.4) is 0 Å². The van der Waals surface area contributed by atoms with E-state index in [4.69, 9.17) is 9.47 Å². The topological polar surface area (TPSA) is 64.6 Å². The summed E-state index contributed by atoms with van der Waals surface area (Å²) in [6.07, 6.45) is 7.42. The Morgan fingerprint density at radius 3 is 3.08 bits per heavy atom. The van der Waals surface area contributed by atoms with Crippen molar-refractivity contribution in [2.45, 2.75) is 25.4 Å². The molecule has 2 fully saturated rings. The molecule has 0 radical (unpaired) electrons. The number of carbonyl (C=O) groups excluding carboxylic acids is 1. The number of piperidine rings is 1. The van der Waals surface area contributed by atoms with Gasteiger partial charge in [0.15, 0.2) is 0 Å². The van der Waals surface area contributed by atoms with Crippen LogP contribution in [0.4, 0.5) is 0 Å². The lowest BCUT2D eigenvalue weighted by Crippen LogP contribution is -2.54. The van der Waals surface area contributed by atoms with E-state index in [9.17, 15) is 4.79 Å². The van der Waals surface area contributed by atoms with Gasteiger partial charge in [-0.2, -0.15) is 0 Å². The molecule has 0 aromatic carbocycles. The molecule has 4 heterocycles. The van der Waals surface area contributed by atoms with Crippen LogP contribution in [-0.2, 0) is 16.0 Å². The Kier molecular flexibility index (Phi) is 4.84. The van der Waals surface area contributed by atoms with E-state index in [1.807, 2.05) is 35.2 Å². The van der Waals surface area contributed by atoms with Crippen molar-refractivity contribution in [3.8, 4) is 5.75 Å². The highest BCUT2D eigenvalue weighted by Gasteiger charge is 2.49. The molecule has 1 amide bonds. The second-order valence-electron chi connectivity index (χ2n) is 7.05. The van der Waals surface area contributed by atoms with Crippen LogP contribution in [-0.4, -0.2) is 53.2 Å². The van der Waals surface area contributed by atoms with Crippen LogP contribution in [0, 0.1) is 5.41 Å². The molecule has 4 rings (SSSR count). The largest absolute Gasteiger partial charge is 0.491 e. The standard InChI is InChI=1S/C20H23N3O3/c24-19(12-16-4-1-2-9-22-16)23-10-6-18-20(14-23,7-11-25-18)15-26-17-5-3-8-21-13-17/h1-5,8-9,13,18H,6-7,10-12,14-15H2/t18-,20+/m0/s1. The van der Waals surface area contributed by atoms with E-state index in [0.29, 0.717) is 19.6 Å². The predicted octanol–water partition coefficient (Wildman–Crippen LogP) is 2.11. The van der Waals surface area contributed by atoms with E-state index in [2.05, 4.69) is 9.97 Å². The third kappa shape index (κ3) is 3.55. The minimum absolute atomic E-state index is 0.120. The molecular formula is C20H23N3O3. The summed E-state index contributed by atoms with van der Waals surface area (Å²) in [5, 5.41) is 0. The SMILES string of the molecule is O=C(Cc1ccccn1)N1CC[C@@H]2OCC[C@]2(COc2cccnc2)C1. The third-order valence-electron chi connectivity index (χ3n) is 5.34. The lowest BCUT2D eigenvalue weighted by atomic mass is 9.77. The number of rotatable bonds is 5. The molecule has 0 unspecified atom stereocenters. The number of ether oxygens (including phenoxy) is 2. The monoisotopic (exact) mass is 353 g/mol. The summed E-state index contributed by atoms with van der Waals surface area (Å²) < 4.78 is 12.0. The molecule has 2 aromatic heterocycles. The Morgan fingerprint density at radius 2 is 2.27 bits per heavy atom. The molecule has 26 heavy (non-hydrogen) atoms. The number of likely N-dealkylation sites (tertiary alicyclic amines) is 1. The number of fused-ring (bicyclic) bond motifs is 1. The highest BCUT2D eigenvalue weighted by Crippen LogP contribution is 2.41. The number of nitrogens with zero attached hydrogens (tertiary/aromatic N) is 3. The molecule has 2 atom stereocenters. The summed E-state index contributed by atoms with van der Waals surface area (Å²) in [6.45, 7) is 2.66.